The zero-order valence-electron chi connectivity index (χ0n) is 15.4. The van der Waals surface area contributed by atoms with Gasteiger partial charge in [-0.2, -0.15) is 0 Å². The van der Waals surface area contributed by atoms with E-state index in [2.05, 4.69) is 5.16 Å². The van der Waals surface area contributed by atoms with Crippen LogP contribution in [0.1, 0.15) is 36.0 Å². The third-order valence-corrected chi connectivity index (χ3v) is 6.58. The highest BCUT2D eigenvalue weighted by Gasteiger charge is 2.50. The van der Waals surface area contributed by atoms with Crippen molar-refractivity contribution in [3.8, 4) is 0 Å². The van der Waals surface area contributed by atoms with Gasteiger partial charge in [-0.3, -0.25) is 4.79 Å². The van der Waals surface area contributed by atoms with E-state index in [0.717, 1.165) is 0 Å². The Hall–Kier alpha value is -2.10. The molecule has 2 aliphatic heterocycles. The lowest BCUT2D eigenvalue weighted by Crippen LogP contribution is -2.63. The van der Waals surface area contributed by atoms with Crippen molar-refractivity contribution in [1.82, 2.24) is 19.9 Å². The van der Waals surface area contributed by atoms with E-state index in [4.69, 9.17) is 4.52 Å². The molecule has 0 aromatic carbocycles. The van der Waals surface area contributed by atoms with E-state index in [1.165, 1.54) is 9.80 Å². The van der Waals surface area contributed by atoms with Crippen LogP contribution < -0.4 is 0 Å². The molecule has 0 aliphatic carbocycles. The van der Waals surface area contributed by atoms with Gasteiger partial charge in [0.05, 0.1) is 23.6 Å². The first-order valence-electron chi connectivity index (χ1n) is 8.56. The van der Waals surface area contributed by atoms with E-state index >= 15 is 0 Å². The van der Waals surface area contributed by atoms with E-state index in [9.17, 15) is 18.0 Å². The number of aromatic nitrogens is 1. The van der Waals surface area contributed by atoms with Crippen molar-refractivity contribution >= 4 is 21.8 Å². The van der Waals surface area contributed by atoms with E-state index in [0.29, 0.717) is 5.76 Å². The monoisotopic (exact) mass is 384 g/mol. The summed E-state index contributed by atoms with van der Waals surface area (Å²) in [6, 6.07) is 0.254. The van der Waals surface area contributed by atoms with Gasteiger partial charge in [-0.15, -0.1) is 0 Å². The summed E-state index contributed by atoms with van der Waals surface area (Å²) in [5, 5.41) is 3.84. The molecule has 2 aliphatic rings. The van der Waals surface area contributed by atoms with Crippen molar-refractivity contribution in [2.75, 3.05) is 38.7 Å². The fraction of sp³-hybridized carbons (Fsp3) is 0.688. The highest BCUT2D eigenvalue weighted by atomic mass is 32.2. The number of urea groups is 1. The van der Waals surface area contributed by atoms with E-state index in [1.807, 2.05) is 13.8 Å². The van der Waals surface area contributed by atoms with E-state index in [-0.39, 0.29) is 48.1 Å². The molecule has 0 radical (unpaired) electrons. The first kappa shape index (κ1) is 18.7. The molecule has 2 saturated heterocycles. The van der Waals surface area contributed by atoms with Gasteiger partial charge in [0.1, 0.15) is 5.76 Å². The molecule has 0 spiro atoms. The van der Waals surface area contributed by atoms with Gasteiger partial charge in [-0.25, -0.2) is 13.2 Å². The molecule has 3 amide bonds. The molecule has 0 saturated carbocycles. The second kappa shape index (κ2) is 6.57. The zero-order chi connectivity index (χ0) is 19.2. The molecule has 3 rings (SSSR count). The molecule has 0 bridgehead atoms. The van der Waals surface area contributed by atoms with Crippen LogP contribution in [0, 0.1) is 0 Å². The number of nitrogens with zero attached hydrogens (tertiary/aromatic N) is 4. The molecule has 2 fully saturated rings. The number of sulfone groups is 1. The molecule has 3 heterocycles. The van der Waals surface area contributed by atoms with Crippen LogP contribution in [0.25, 0.3) is 0 Å². The smallest absolute Gasteiger partial charge is 0.319 e. The van der Waals surface area contributed by atoms with Gasteiger partial charge in [0.25, 0.3) is 5.91 Å². The highest BCUT2D eigenvalue weighted by Crippen LogP contribution is 2.29. The molecule has 26 heavy (non-hydrogen) atoms. The summed E-state index contributed by atoms with van der Waals surface area (Å²) in [6.07, 6.45) is 0. The second-order valence-corrected chi connectivity index (χ2v) is 9.50. The summed E-state index contributed by atoms with van der Waals surface area (Å²) in [5.74, 6) is 0.0698. The average Bonchev–Trinajstić information content (AvgIpc) is 3.15. The number of carbonyl (C=O) groups is 2. The Bertz CT molecular complexity index is 816. The molecule has 2 unspecified atom stereocenters. The van der Waals surface area contributed by atoms with Crippen molar-refractivity contribution in [3.05, 3.63) is 17.5 Å². The third kappa shape index (κ3) is 3.29. The van der Waals surface area contributed by atoms with E-state index < -0.39 is 21.9 Å². The number of fused-ring (bicyclic) bond motifs is 1. The number of hydrogen-bond donors (Lipinski definition) is 0. The van der Waals surface area contributed by atoms with Crippen molar-refractivity contribution in [2.45, 2.75) is 31.8 Å². The van der Waals surface area contributed by atoms with Crippen molar-refractivity contribution in [3.63, 3.8) is 0 Å². The number of amides is 3. The molecule has 1 aromatic rings. The summed E-state index contributed by atoms with van der Waals surface area (Å²) in [7, 11) is -0.0757. The summed E-state index contributed by atoms with van der Waals surface area (Å²) in [5.41, 5.74) is 0.170. The second-order valence-electron chi connectivity index (χ2n) is 7.35. The Balaban J connectivity index is 1.87. The Kier molecular flexibility index (Phi) is 4.72. The van der Waals surface area contributed by atoms with Crippen LogP contribution in [0.2, 0.25) is 0 Å². The Labute approximate surface area is 152 Å². The largest absolute Gasteiger partial charge is 0.360 e. The SMILES string of the molecule is CC(C)c1cc(C(=O)N2CCN(C(=O)N(C)C)C3CS(=O)(=O)CC32)no1. The average molecular weight is 384 g/mol. The fourth-order valence-electron chi connectivity index (χ4n) is 3.51. The Morgan fingerprint density at radius 2 is 1.77 bits per heavy atom. The molecule has 144 valence electrons. The minimum absolute atomic E-state index is 0.0956. The van der Waals surface area contributed by atoms with Crippen molar-refractivity contribution < 1.29 is 22.5 Å². The van der Waals surface area contributed by atoms with Gasteiger partial charge in [-0.1, -0.05) is 19.0 Å². The lowest BCUT2D eigenvalue weighted by molar-refractivity contribution is 0.0385. The van der Waals surface area contributed by atoms with Crippen LogP contribution in [0.4, 0.5) is 4.79 Å². The molecule has 10 heteroatoms. The predicted octanol–water partition coefficient (Wildman–Crippen LogP) is 0.403. The van der Waals surface area contributed by atoms with Crippen LogP contribution >= 0.6 is 0 Å². The van der Waals surface area contributed by atoms with Crippen LogP contribution in [0.5, 0.6) is 0 Å². The van der Waals surface area contributed by atoms with E-state index in [1.54, 1.807) is 25.1 Å². The van der Waals surface area contributed by atoms with Crippen LogP contribution in [-0.4, -0.2) is 91.0 Å². The lowest BCUT2D eigenvalue weighted by atomic mass is 10.0. The number of piperazine rings is 1. The first-order valence-corrected chi connectivity index (χ1v) is 10.4. The van der Waals surface area contributed by atoms with Crippen LogP contribution in [0.15, 0.2) is 10.6 Å². The quantitative estimate of drug-likeness (QED) is 0.731. The maximum Gasteiger partial charge on any atom is 0.319 e. The fourth-order valence-corrected chi connectivity index (χ4v) is 5.49. The summed E-state index contributed by atoms with van der Waals surface area (Å²) in [4.78, 5) is 29.8. The van der Waals surface area contributed by atoms with Gasteiger partial charge in [0.2, 0.25) is 0 Å². The molecule has 0 N–H and O–H groups in total. The normalized spacial score (nSPS) is 24.7. The van der Waals surface area contributed by atoms with Gasteiger partial charge < -0.3 is 19.2 Å². The maximum absolute atomic E-state index is 12.9. The molecular formula is C16H24N4O5S. The van der Waals surface area contributed by atoms with Gasteiger partial charge >= 0.3 is 6.03 Å². The maximum atomic E-state index is 12.9. The molecule has 1 aromatic heterocycles. The summed E-state index contributed by atoms with van der Waals surface area (Å²) in [6.45, 7) is 4.41. The minimum Gasteiger partial charge on any atom is -0.360 e. The first-order chi connectivity index (χ1) is 12.1. The number of carbonyl (C=O) groups excluding carboxylic acids is 2. The lowest BCUT2D eigenvalue weighted by Gasteiger charge is -2.44. The molecular weight excluding hydrogens is 360 g/mol. The van der Waals surface area contributed by atoms with Crippen LogP contribution in [0.3, 0.4) is 0 Å². The minimum atomic E-state index is -3.33. The van der Waals surface area contributed by atoms with Crippen LogP contribution in [-0.2, 0) is 9.84 Å². The number of rotatable bonds is 2. The molecule has 2 atom stereocenters. The van der Waals surface area contributed by atoms with Crippen molar-refractivity contribution in [1.29, 1.82) is 0 Å². The Morgan fingerprint density at radius 3 is 2.31 bits per heavy atom. The highest BCUT2D eigenvalue weighted by molar-refractivity contribution is 7.91. The third-order valence-electron chi connectivity index (χ3n) is 4.88. The van der Waals surface area contributed by atoms with Gasteiger partial charge in [0.15, 0.2) is 15.5 Å². The summed E-state index contributed by atoms with van der Waals surface area (Å²) >= 11 is 0. The van der Waals surface area contributed by atoms with Gasteiger partial charge in [0, 0.05) is 39.2 Å². The predicted molar refractivity (Wildman–Crippen MR) is 93.6 cm³/mol. The topological polar surface area (TPSA) is 104 Å². The number of hydrogen-bond acceptors (Lipinski definition) is 6. The van der Waals surface area contributed by atoms with Gasteiger partial charge in [-0.05, 0) is 0 Å². The Morgan fingerprint density at radius 1 is 1.19 bits per heavy atom. The summed E-state index contributed by atoms with van der Waals surface area (Å²) < 4.78 is 29.6. The standard InChI is InChI=1S/C16H24N4O5S/c1-10(2)14-7-11(17-25-14)15(21)19-5-6-20(16(22)18(3)4)13-9-26(23,24)8-12(13)19/h7,10,12-13H,5-6,8-9H2,1-4H3. The van der Waals surface area contributed by atoms with Crippen molar-refractivity contribution in [2.24, 2.45) is 0 Å². The molecule has 9 nitrogen and oxygen atoms in total. The zero-order valence-corrected chi connectivity index (χ0v) is 16.2.